The Morgan fingerprint density at radius 3 is 2.73 bits per heavy atom. The van der Waals surface area contributed by atoms with Crippen LogP contribution in [0.2, 0.25) is 0 Å². The molecule has 0 saturated heterocycles. The molecule has 0 atom stereocenters. The second-order valence-corrected chi connectivity index (χ2v) is 3.73. The van der Waals surface area contributed by atoms with Crippen molar-refractivity contribution in [2.75, 3.05) is 0 Å². The highest BCUT2D eigenvalue weighted by Crippen LogP contribution is 2.23. The van der Waals surface area contributed by atoms with Crippen LogP contribution in [0.4, 0.5) is 4.39 Å². The summed E-state index contributed by atoms with van der Waals surface area (Å²) in [6.07, 6.45) is 1.69. The Bertz CT molecular complexity index is 462. The fraction of sp³-hybridized carbons (Fsp3) is 0.250. The lowest BCUT2D eigenvalue weighted by molar-refractivity contribution is 0.494. The minimum absolute atomic E-state index is 0.281. The monoisotopic (exact) mass is 205 g/mol. The van der Waals surface area contributed by atoms with Gasteiger partial charge in [-0.2, -0.15) is 0 Å². The molecule has 2 aromatic rings. The first kappa shape index (κ1) is 9.90. The number of halogens is 1. The van der Waals surface area contributed by atoms with Crippen molar-refractivity contribution in [3.05, 3.63) is 42.0 Å². The van der Waals surface area contributed by atoms with Crippen LogP contribution >= 0.6 is 0 Å². The van der Waals surface area contributed by atoms with Gasteiger partial charge < -0.3 is 4.42 Å². The zero-order chi connectivity index (χ0) is 10.8. The first-order valence-electron chi connectivity index (χ1n) is 4.88. The van der Waals surface area contributed by atoms with Crippen LogP contribution in [-0.4, -0.2) is 4.98 Å². The van der Waals surface area contributed by atoms with E-state index in [-0.39, 0.29) is 5.82 Å². The van der Waals surface area contributed by atoms with Gasteiger partial charge >= 0.3 is 0 Å². The van der Waals surface area contributed by atoms with Crippen molar-refractivity contribution >= 4 is 0 Å². The first-order valence-corrected chi connectivity index (χ1v) is 4.88. The van der Waals surface area contributed by atoms with Crippen LogP contribution in [0.5, 0.6) is 0 Å². The summed E-state index contributed by atoms with van der Waals surface area (Å²) in [7, 11) is 0. The normalized spacial score (nSPS) is 10.9. The SMILES string of the molecule is CC(C)c1cnc(-c2cccc(F)c2)o1. The topological polar surface area (TPSA) is 26.0 Å². The van der Waals surface area contributed by atoms with Gasteiger partial charge in [-0.25, -0.2) is 9.37 Å². The van der Waals surface area contributed by atoms with Crippen molar-refractivity contribution in [2.45, 2.75) is 19.8 Å². The van der Waals surface area contributed by atoms with E-state index in [2.05, 4.69) is 4.98 Å². The third-order valence-electron chi connectivity index (χ3n) is 2.16. The lowest BCUT2D eigenvalue weighted by atomic mass is 10.2. The highest BCUT2D eigenvalue weighted by molar-refractivity contribution is 5.52. The summed E-state index contributed by atoms with van der Waals surface area (Å²) in [5.41, 5.74) is 0.668. The average Bonchev–Trinajstić information content (AvgIpc) is 2.66. The van der Waals surface area contributed by atoms with Crippen LogP contribution in [0.25, 0.3) is 11.5 Å². The summed E-state index contributed by atoms with van der Waals surface area (Å²) in [6.45, 7) is 4.05. The lowest BCUT2D eigenvalue weighted by Gasteiger charge is -1.98. The second-order valence-electron chi connectivity index (χ2n) is 3.73. The summed E-state index contributed by atoms with van der Waals surface area (Å²) in [5, 5.41) is 0. The van der Waals surface area contributed by atoms with Crippen molar-refractivity contribution in [3.63, 3.8) is 0 Å². The maximum atomic E-state index is 12.9. The molecule has 0 spiro atoms. The Labute approximate surface area is 87.8 Å². The van der Waals surface area contributed by atoms with Gasteiger partial charge in [-0.15, -0.1) is 0 Å². The molecule has 0 bridgehead atoms. The molecule has 15 heavy (non-hydrogen) atoms. The summed E-state index contributed by atoms with van der Waals surface area (Å²) >= 11 is 0. The molecule has 0 aliphatic heterocycles. The zero-order valence-corrected chi connectivity index (χ0v) is 8.70. The van der Waals surface area contributed by atoms with Gasteiger partial charge in [-0.1, -0.05) is 19.9 Å². The minimum atomic E-state index is -0.281. The number of rotatable bonds is 2. The smallest absolute Gasteiger partial charge is 0.226 e. The van der Waals surface area contributed by atoms with Crippen molar-refractivity contribution in [1.82, 2.24) is 4.98 Å². The van der Waals surface area contributed by atoms with Gasteiger partial charge in [0.25, 0.3) is 0 Å². The summed E-state index contributed by atoms with van der Waals surface area (Å²) < 4.78 is 18.5. The summed E-state index contributed by atoms with van der Waals surface area (Å²) in [6, 6.07) is 6.23. The van der Waals surface area contributed by atoms with Crippen LogP contribution in [0.15, 0.2) is 34.9 Å². The molecule has 78 valence electrons. The molecule has 0 aliphatic carbocycles. The molecule has 1 aromatic carbocycles. The molecule has 0 fully saturated rings. The quantitative estimate of drug-likeness (QED) is 0.748. The Kier molecular flexibility index (Phi) is 2.54. The number of hydrogen-bond acceptors (Lipinski definition) is 2. The van der Waals surface area contributed by atoms with Gasteiger partial charge in [0.05, 0.1) is 6.20 Å². The maximum absolute atomic E-state index is 12.9. The highest BCUT2D eigenvalue weighted by Gasteiger charge is 2.09. The lowest BCUT2D eigenvalue weighted by Crippen LogP contribution is -1.81. The van der Waals surface area contributed by atoms with E-state index in [1.807, 2.05) is 13.8 Å². The molecule has 2 rings (SSSR count). The van der Waals surface area contributed by atoms with Crippen LogP contribution < -0.4 is 0 Å². The predicted octanol–water partition coefficient (Wildman–Crippen LogP) is 3.60. The molecule has 0 N–H and O–H groups in total. The van der Waals surface area contributed by atoms with Crippen LogP contribution in [0, 0.1) is 5.82 Å². The number of oxazole rings is 1. The molecule has 0 aliphatic rings. The molecule has 2 nitrogen and oxygen atoms in total. The van der Waals surface area contributed by atoms with Crippen LogP contribution in [-0.2, 0) is 0 Å². The number of benzene rings is 1. The molecular formula is C12H12FNO. The first-order chi connectivity index (χ1) is 7.16. The van der Waals surface area contributed by atoms with Crippen LogP contribution in [0.1, 0.15) is 25.5 Å². The van der Waals surface area contributed by atoms with Crippen molar-refractivity contribution in [2.24, 2.45) is 0 Å². The fourth-order valence-corrected chi connectivity index (χ4v) is 1.31. The van der Waals surface area contributed by atoms with Gasteiger partial charge in [-0.05, 0) is 18.2 Å². The summed E-state index contributed by atoms with van der Waals surface area (Å²) in [5.74, 6) is 1.30. The van der Waals surface area contributed by atoms with Gasteiger partial charge in [0.15, 0.2) is 0 Å². The second kappa shape index (κ2) is 3.85. The van der Waals surface area contributed by atoms with E-state index in [0.29, 0.717) is 17.4 Å². The third kappa shape index (κ3) is 2.06. The number of aromatic nitrogens is 1. The Balaban J connectivity index is 2.37. The highest BCUT2D eigenvalue weighted by atomic mass is 19.1. The molecule has 0 radical (unpaired) electrons. The zero-order valence-electron chi connectivity index (χ0n) is 8.70. The molecule has 0 unspecified atom stereocenters. The largest absolute Gasteiger partial charge is 0.441 e. The molecule has 1 aromatic heterocycles. The van der Waals surface area contributed by atoms with E-state index in [1.54, 1.807) is 18.3 Å². The van der Waals surface area contributed by atoms with Gasteiger partial charge in [-0.3, -0.25) is 0 Å². The van der Waals surface area contributed by atoms with E-state index >= 15 is 0 Å². The Morgan fingerprint density at radius 2 is 2.13 bits per heavy atom. The standard InChI is InChI=1S/C12H12FNO/c1-8(2)11-7-14-12(15-11)9-4-3-5-10(13)6-9/h3-8H,1-2H3. The van der Waals surface area contributed by atoms with Crippen molar-refractivity contribution in [1.29, 1.82) is 0 Å². The predicted molar refractivity (Wildman–Crippen MR) is 56.0 cm³/mol. The van der Waals surface area contributed by atoms with Gasteiger partial charge in [0.1, 0.15) is 11.6 Å². The maximum Gasteiger partial charge on any atom is 0.226 e. The van der Waals surface area contributed by atoms with Crippen molar-refractivity contribution < 1.29 is 8.81 Å². The van der Waals surface area contributed by atoms with Crippen LogP contribution in [0.3, 0.4) is 0 Å². The Hall–Kier alpha value is -1.64. The number of nitrogens with zero attached hydrogens (tertiary/aromatic N) is 1. The van der Waals surface area contributed by atoms with E-state index in [1.165, 1.54) is 12.1 Å². The average molecular weight is 205 g/mol. The third-order valence-corrected chi connectivity index (χ3v) is 2.16. The van der Waals surface area contributed by atoms with E-state index < -0.39 is 0 Å². The molecule has 0 saturated carbocycles. The molecule has 3 heteroatoms. The van der Waals surface area contributed by atoms with E-state index in [0.717, 1.165) is 5.76 Å². The van der Waals surface area contributed by atoms with E-state index in [4.69, 9.17) is 4.42 Å². The molecular weight excluding hydrogens is 193 g/mol. The minimum Gasteiger partial charge on any atom is -0.441 e. The Morgan fingerprint density at radius 1 is 1.33 bits per heavy atom. The fourth-order valence-electron chi connectivity index (χ4n) is 1.31. The summed E-state index contributed by atoms with van der Waals surface area (Å²) in [4.78, 5) is 4.12. The molecule has 0 amide bonds. The number of hydrogen-bond donors (Lipinski definition) is 0. The van der Waals surface area contributed by atoms with E-state index in [9.17, 15) is 4.39 Å². The molecule has 1 heterocycles. The van der Waals surface area contributed by atoms with Crippen molar-refractivity contribution in [3.8, 4) is 11.5 Å². The van der Waals surface area contributed by atoms with Gasteiger partial charge in [0, 0.05) is 11.5 Å². The van der Waals surface area contributed by atoms with Gasteiger partial charge in [0.2, 0.25) is 5.89 Å².